The van der Waals surface area contributed by atoms with Crippen LogP contribution in [0.4, 0.5) is 0 Å². The molecule has 0 radical (unpaired) electrons. The molecule has 6 rings (SSSR count). The van der Waals surface area contributed by atoms with Crippen LogP contribution in [0.1, 0.15) is 0 Å². The van der Waals surface area contributed by atoms with Crippen molar-refractivity contribution in [2.75, 3.05) is 0 Å². The molecule has 0 saturated carbocycles. The summed E-state index contributed by atoms with van der Waals surface area (Å²) in [5.41, 5.74) is 6.89. The predicted octanol–water partition coefficient (Wildman–Crippen LogP) is 4.02. The minimum absolute atomic E-state index is 0.677. The third-order valence-corrected chi connectivity index (χ3v) is 5.00. The van der Waals surface area contributed by atoms with E-state index in [0.717, 1.165) is 50.1 Å². The lowest BCUT2D eigenvalue weighted by atomic mass is 10.1. The van der Waals surface area contributed by atoms with Crippen LogP contribution in [-0.4, -0.2) is 40.1 Å². The molecule has 0 atom stereocenters. The van der Waals surface area contributed by atoms with Crippen molar-refractivity contribution in [3.8, 4) is 34.0 Å². The first-order valence-corrected chi connectivity index (χ1v) is 9.37. The van der Waals surface area contributed by atoms with Gasteiger partial charge < -0.3 is 4.98 Å². The third-order valence-electron chi connectivity index (χ3n) is 5.00. The average Bonchev–Trinajstić information content (AvgIpc) is 3.43. The van der Waals surface area contributed by atoms with E-state index in [0.29, 0.717) is 5.82 Å². The number of aromatic nitrogens is 8. The van der Waals surface area contributed by atoms with E-state index >= 15 is 0 Å². The lowest BCUT2D eigenvalue weighted by Crippen LogP contribution is -1.86. The zero-order valence-electron chi connectivity index (χ0n) is 15.6. The highest BCUT2D eigenvalue weighted by molar-refractivity contribution is 5.97. The number of nitrogens with one attached hydrogen (secondary N) is 2. The van der Waals surface area contributed by atoms with Crippen molar-refractivity contribution < 1.29 is 0 Å². The fraction of sp³-hybridized carbons (Fsp3) is 0. The second kappa shape index (κ2) is 6.56. The molecule has 0 spiro atoms. The number of rotatable bonds is 3. The molecule has 0 fully saturated rings. The molecule has 5 aromatic heterocycles. The molecule has 0 aliphatic heterocycles. The molecule has 8 nitrogen and oxygen atoms in total. The van der Waals surface area contributed by atoms with Crippen molar-refractivity contribution in [2.24, 2.45) is 0 Å². The Kier molecular flexibility index (Phi) is 3.60. The van der Waals surface area contributed by atoms with E-state index in [9.17, 15) is 0 Å². The smallest absolute Gasteiger partial charge is 0.159 e. The maximum atomic E-state index is 4.84. The Bertz CT molecular complexity index is 1490. The van der Waals surface area contributed by atoms with Gasteiger partial charge in [0, 0.05) is 47.5 Å². The lowest BCUT2D eigenvalue weighted by molar-refractivity contribution is 1.11. The van der Waals surface area contributed by atoms with Gasteiger partial charge in [0.05, 0.1) is 28.6 Å². The van der Waals surface area contributed by atoms with Gasteiger partial charge in [-0.1, -0.05) is 6.07 Å². The number of aromatic amines is 2. The topological polar surface area (TPSA) is 109 Å². The fourth-order valence-corrected chi connectivity index (χ4v) is 3.57. The van der Waals surface area contributed by atoms with Gasteiger partial charge in [-0.05, 0) is 30.3 Å². The zero-order chi connectivity index (χ0) is 19.9. The number of imidazole rings is 1. The SMILES string of the molecule is c1cc(-c2nccc3[nH]c(-c4n[nH]c5ccc(-c6cnccn6)cc45)nc23)ccn1. The largest absolute Gasteiger partial charge is 0.336 e. The molecule has 0 bridgehead atoms. The Morgan fingerprint density at radius 3 is 2.50 bits per heavy atom. The second-order valence-corrected chi connectivity index (χ2v) is 6.80. The van der Waals surface area contributed by atoms with Crippen LogP contribution in [0.25, 0.3) is 56.0 Å². The Balaban J connectivity index is 1.52. The number of benzene rings is 1. The van der Waals surface area contributed by atoms with Crippen molar-refractivity contribution in [1.82, 2.24) is 40.1 Å². The van der Waals surface area contributed by atoms with Crippen molar-refractivity contribution in [1.29, 1.82) is 0 Å². The average molecular weight is 390 g/mol. The van der Waals surface area contributed by atoms with Crippen molar-refractivity contribution in [3.05, 3.63) is 73.6 Å². The minimum atomic E-state index is 0.677. The van der Waals surface area contributed by atoms with Gasteiger partial charge in [0.15, 0.2) is 5.82 Å². The highest BCUT2D eigenvalue weighted by Gasteiger charge is 2.16. The molecule has 0 aliphatic carbocycles. The third kappa shape index (κ3) is 2.62. The summed E-state index contributed by atoms with van der Waals surface area (Å²) < 4.78 is 0. The van der Waals surface area contributed by atoms with Gasteiger partial charge in [0.25, 0.3) is 0 Å². The van der Waals surface area contributed by atoms with E-state index in [1.807, 2.05) is 36.4 Å². The molecule has 1 aromatic carbocycles. The van der Waals surface area contributed by atoms with E-state index in [2.05, 4.69) is 35.1 Å². The molecule has 30 heavy (non-hydrogen) atoms. The van der Waals surface area contributed by atoms with Crippen molar-refractivity contribution in [2.45, 2.75) is 0 Å². The van der Waals surface area contributed by atoms with Gasteiger partial charge in [-0.25, -0.2) is 4.98 Å². The quantitative estimate of drug-likeness (QED) is 0.472. The van der Waals surface area contributed by atoms with Crippen LogP contribution >= 0.6 is 0 Å². The first-order chi connectivity index (χ1) is 14.9. The van der Waals surface area contributed by atoms with Crippen LogP contribution in [0.3, 0.4) is 0 Å². The number of pyridine rings is 2. The van der Waals surface area contributed by atoms with E-state index in [1.54, 1.807) is 37.2 Å². The second-order valence-electron chi connectivity index (χ2n) is 6.80. The summed E-state index contributed by atoms with van der Waals surface area (Å²) in [6.07, 6.45) is 10.4. The van der Waals surface area contributed by atoms with Gasteiger partial charge in [-0.2, -0.15) is 5.10 Å². The molecule has 2 N–H and O–H groups in total. The van der Waals surface area contributed by atoms with Gasteiger partial charge in [-0.15, -0.1) is 0 Å². The fourth-order valence-electron chi connectivity index (χ4n) is 3.57. The van der Waals surface area contributed by atoms with E-state index in [1.165, 1.54) is 0 Å². The summed E-state index contributed by atoms with van der Waals surface area (Å²) in [4.78, 5) is 25.4. The molecule has 0 aliphatic rings. The van der Waals surface area contributed by atoms with Gasteiger partial charge in [0.2, 0.25) is 0 Å². The summed E-state index contributed by atoms with van der Waals surface area (Å²) in [6.45, 7) is 0. The number of hydrogen-bond acceptors (Lipinski definition) is 6. The van der Waals surface area contributed by atoms with Crippen molar-refractivity contribution >= 4 is 21.9 Å². The summed E-state index contributed by atoms with van der Waals surface area (Å²) in [5, 5.41) is 8.55. The van der Waals surface area contributed by atoms with Gasteiger partial charge in [-0.3, -0.25) is 25.0 Å². The Morgan fingerprint density at radius 2 is 1.63 bits per heavy atom. The number of nitrogens with zero attached hydrogens (tertiary/aromatic N) is 6. The lowest BCUT2D eigenvalue weighted by Gasteiger charge is -2.00. The highest BCUT2D eigenvalue weighted by atomic mass is 15.1. The maximum absolute atomic E-state index is 4.84. The Labute approximate surface area is 170 Å². The Hall–Kier alpha value is -4.46. The minimum Gasteiger partial charge on any atom is -0.336 e. The van der Waals surface area contributed by atoms with Gasteiger partial charge >= 0.3 is 0 Å². The molecule has 6 aromatic rings. The zero-order valence-corrected chi connectivity index (χ0v) is 15.6. The highest BCUT2D eigenvalue weighted by Crippen LogP contribution is 2.31. The van der Waals surface area contributed by atoms with E-state index < -0.39 is 0 Å². The standard InChI is InChI=1S/C22H14N8/c1-2-16-15(11-14(1)18-12-24-9-10-25-18)20(30-29-16)22-27-17-5-8-26-19(21(17)28-22)13-3-6-23-7-4-13/h1-12H,(H,27,28)(H,29,30). The number of H-pyrrole nitrogens is 2. The summed E-state index contributed by atoms with van der Waals surface area (Å²) in [6, 6.07) is 11.8. The van der Waals surface area contributed by atoms with E-state index in [-0.39, 0.29) is 0 Å². The first-order valence-electron chi connectivity index (χ1n) is 9.37. The molecular formula is C22H14N8. The molecule has 5 heterocycles. The monoisotopic (exact) mass is 390 g/mol. The molecule has 142 valence electrons. The maximum Gasteiger partial charge on any atom is 0.159 e. The molecule has 8 heteroatoms. The first kappa shape index (κ1) is 16.5. The predicted molar refractivity (Wildman–Crippen MR) is 113 cm³/mol. The Morgan fingerprint density at radius 1 is 0.700 bits per heavy atom. The van der Waals surface area contributed by atoms with Crippen molar-refractivity contribution in [3.63, 3.8) is 0 Å². The van der Waals surface area contributed by atoms with E-state index in [4.69, 9.17) is 4.98 Å². The van der Waals surface area contributed by atoms with Crippen LogP contribution in [-0.2, 0) is 0 Å². The summed E-state index contributed by atoms with van der Waals surface area (Å²) in [7, 11) is 0. The molecular weight excluding hydrogens is 376 g/mol. The normalized spacial score (nSPS) is 11.3. The van der Waals surface area contributed by atoms with Crippen LogP contribution < -0.4 is 0 Å². The van der Waals surface area contributed by atoms with Crippen LogP contribution in [0.2, 0.25) is 0 Å². The molecule has 0 saturated heterocycles. The number of hydrogen-bond donors (Lipinski definition) is 2. The van der Waals surface area contributed by atoms with Crippen LogP contribution in [0.15, 0.2) is 73.6 Å². The van der Waals surface area contributed by atoms with Gasteiger partial charge in [0.1, 0.15) is 11.2 Å². The molecule has 0 amide bonds. The molecule has 0 unspecified atom stereocenters. The summed E-state index contributed by atoms with van der Waals surface area (Å²) >= 11 is 0. The summed E-state index contributed by atoms with van der Waals surface area (Å²) in [5.74, 6) is 0.677. The van der Waals surface area contributed by atoms with Crippen LogP contribution in [0, 0.1) is 0 Å². The number of fused-ring (bicyclic) bond motifs is 2. The van der Waals surface area contributed by atoms with Crippen LogP contribution in [0.5, 0.6) is 0 Å².